The van der Waals surface area contributed by atoms with Crippen LogP contribution in [0.2, 0.25) is 0 Å². The number of halogens is 1. The van der Waals surface area contributed by atoms with Crippen LogP contribution in [0, 0.1) is 6.61 Å². The summed E-state index contributed by atoms with van der Waals surface area (Å²) in [5.74, 6) is -0.297. The second-order valence-electron chi connectivity index (χ2n) is 2.14. The number of esters is 1. The number of ether oxygens (including phenoxy) is 1. The summed E-state index contributed by atoms with van der Waals surface area (Å²) < 4.78 is 4.66. The van der Waals surface area contributed by atoms with Gasteiger partial charge in [-0.2, -0.15) is 17.7 Å². The van der Waals surface area contributed by atoms with Gasteiger partial charge in [-0.25, -0.2) is 0 Å². The van der Waals surface area contributed by atoms with Gasteiger partial charge in [0, 0.05) is 6.92 Å². The first-order chi connectivity index (χ1) is 6.29. The molecule has 0 aromatic heterocycles. The molecule has 0 saturated heterocycles. The van der Waals surface area contributed by atoms with Crippen LogP contribution in [0.1, 0.15) is 12.5 Å². The van der Waals surface area contributed by atoms with E-state index in [1.54, 1.807) is 0 Å². The summed E-state index contributed by atoms with van der Waals surface area (Å²) in [5.41, 5.74) is 0.891. The van der Waals surface area contributed by atoms with Crippen molar-refractivity contribution in [1.29, 1.82) is 0 Å². The van der Waals surface area contributed by atoms with Crippen molar-refractivity contribution < 1.29 is 25.9 Å². The number of carbonyl (C=O) groups excluding carboxylic acids is 1. The Bertz CT molecular complexity index is 239. The molecule has 0 atom stereocenters. The average Bonchev–Trinajstić information content (AvgIpc) is 2.19. The van der Waals surface area contributed by atoms with Gasteiger partial charge < -0.3 is 4.74 Å². The summed E-state index contributed by atoms with van der Waals surface area (Å²) in [6, 6.07) is 9.40. The van der Waals surface area contributed by atoms with Gasteiger partial charge in [-0.3, -0.25) is 4.79 Å². The maximum atomic E-state index is 10.4. The topological polar surface area (TPSA) is 26.3 Å². The van der Waals surface area contributed by atoms with Gasteiger partial charge in [0.2, 0.25) is 0 Å². The molecule has 1 aromatic carbocycles. The van der Waals surface area contributed by atoms with Gasteiger partial charge in [0.1, 0.15) is 0 Å². The molecule has 1 aromatic rings. The van der Waals surface area contributed by atoms with Crippen LogP contribution < -0.4 is 0 Å². The van der Waals surface area contributed by atoms with E-state index in [1.807, 2.05) is 30.3 Å². The van der Waals surface area contributed by atoms with Crippen LogP contribution in [0.5, 0.6) is 0 Å². The van der Waals surface area contributed by atoms with Crippen molar-refractivity contribution in [3.8, 4) is 0 Å². The second-order valence-corrected chi connectivity index (χ2v) is 2.14. The minimum atomic E-state index is -0.297. The van der Waals surface area contributed by atoms with Crippen LogP contribution in [0.25, 0.3) is 0 Å². The van der Waals surface area contributed by atoms with E-state index in [0.29, 0.717) is 0 Å². The molecule has 4 heteroatoms. The van der Waals surface area contributed by atoms with Crippen LogP contribution in [0.3, 0.4) is 0 Å². The molecule has 0 fully saturated rings. The first-order valence-electron chi connectivity index (χ1n) is 3.61. The first kappa shape index (κ1) is 12.7. The molecule has 13 heavy (non-hydrogen) atoms. The van der Waals surface area contributed by atoms with E-state index in [9.17, 15) is 4.79 Å². The van der Waals surface area contributed by atoms with Crippen LogP contribution in [0.15, 0.2) is 30.3 Å². The Kier molecular flexibility index (Phi) is 8.06. The minimum absolute atomic E-state index is 0.297. The third-order valence-electron chi connectivity index (χ3n) is 1.16. The first-order valence-corrected chi connectivity index (χ1v) is 10.6. The van der Waals surface area contributed by atoms with Gasteiger partial charge in [0.05, 0.1) is 0 Å². The zero-order chi connectivity index (χ0) is 10.1. The Hall–Kier alpha value is -0.337. The molecule has 0 N–H and O–H groups in total. The number of carbonyl (C=O) groups is 1. The van der Waals surface area contributed by atoms with E-state index in [1.165, 1.54) is 29.9 Å². The SMILES string of the molecule is CC(=O)O[CH-]c1ccccc1.[Zn+][Br]. The zero-order valence-electron chi connectivity index (χ0n) is 7.37. The molecule has 1 rings (SSSR count). The van der Waals surface area contributed by atoms with Gasteiger partial charge in [0.25, 0.3) is 5.97 Å². The van der Waals surface area contributed by atoms with Crippen molar-refractivity contribution in [2.24, 2.45) is 0 Å². The number of benzene rings is 1. The predicted molar refractivity (Wildman–Crippen MR) is 50.5 cm³/mol. The number of hydrogen-bond acceptors (Lipinski definition) is 2. The molecule has 0 heterocycles. The fraction of sp³-hybridized carbons (Fsp3) is 0.111. The van der Waals surface area contributed by atoms with Crippen LogP contribution in [-0.2, 0) is 25.9 Å². The van der Waals surface area contributed by atoms with Crippen molar-refractivity contribution in [2.75, 3.05) is 0 Å². The molecular formula is C9H9BrO2Zn. The summed E-state index contributed by atoms with van der Waals surface area (Å²) >= 11 is 4.25. The third kappa shape index (κ3) is 6.79. The molecule has 0 aliphatic carbocycles. The Labute approximate surface area is 94.7 Å². The zero-order valence-corrected chi connectivity index (χ0v) is 11.9. The van der Waals surface area contributed by atoms with Gasteiger partial charge >= 0.3 is 30.0 Å². The maximum absolute atomic E-state index is 10.4. The van der Waals surface area contributed by atoms with Gasteiger partial charge in [0.15, 0.2) is 0 Å². The van der Waals surface area contributed by atoms with E-state index in [0.717, 1.165) is 5.56 Å². The Morgan fingerprint density at radius 1 is 1.38 bits per heavy atom. The second kappa shape index (κ2) is 8.27. The van der Waals surface area contributed by atoms with Crippen molar-refractivity contribution in [3.05, 3.63) is 42.5 Å². The molecule has 0 saturated carbocycles. The van der Waals surface area contributed by atoms with Crippen LogP contribution in [-0.4, -0.2) is 5.97 Å². The average molecular weight is 294 g/mol. The van der Waals surface area contributed by atoms with E-state index >= 15 is 0 Å². The molecule has 0 bridgehead atoms. The van der Waals surface area contributed by atoms with Crippen LogP contribution in [0.4, 0.5) is 0 Å². The summed E-state index contributed by atoms with van der Waals surface area (Å²) in [6.07, 6.45) is 0. The third-order valence-corrected chi connectivity index (χ3v) is 1.16. The fourth-order valence-electron chi connectivity index (χ4n) is 0.683. The summed E-state index contributed by atoms with van der Waals surface area (Å²) in [5, 5.41) is 0. The molecule has 66 valence electrons. The van der Waals surface area contributed by atoms with Crippen LogP contribution >= 0.6 is 13.6 Å². The number of rotatable bonds is 2. The molecule has 0 spiro atoms. The normalized spacial score (nSPS) is 8.00. The molecule has 0 aliphatic heterocycles. The monoisotopic (exact) mass is 292 g/mol. The van der Waals surface area contributed by atoms with Crippen molar-refractivity contribution in [1.82, 2.24) is 0 Å². The Morgan fingerprint density at radius 2 is 1.92 bits per heavy atom. The van der Waals surface area contributed by atoms with Gasteiger partial charge in [-0.15, -0.1) is 12.1 Å². The molecule has 0 amide bonds. The summed E-state index contributed by atoms with van der Waals surface area (Å²) in [4.78, 5) is 10.4. The molecule has 0 aliphatic rings. The van der Waals surface area contributed by atoms with Crippen molar-refractivity contribution in [3.63, 3.8) is 0 Å². The van der Waals surface area contributed by atoms with E-state index in [2.05, 4.69) is 18.4 Å². The number of hydrogen-bond donors (Lipinski definition) is 0. The van der Waals surface area contributed by atoms with Gasteiger partial charge in [-0.05, 0) is 6.61 Å². The van der Waals surface area contributed by atoms with E-state index in [4.69, 9.17) is 0 Å². The molecule has 0 radical (unpaired) electrons. The predicted octanol–water partition coefficient (Wildman–Crippen LogP) is 2.60. The summed E-state index contributed by atoms with van der Waals surface area (Å²) in [6.45, 7) is 2.81. The van der Waals surface area contributed by atoms with E-state index < -0.39 is 0 Å². The molecule has 0 unspecified atom stereocenters. The Balaban J connectivity index is 0.000000671. The van der Waals surface area contributed by atoms with Crippen molar-refractivity contribution in [2.45, 2.75) is 6.92 Å². The standard InChI is InChI=1S/C9H9O2.BrH.Zn/c1-8(10)11-7-9-5-3-2-4-6-9;;/h2-7H,1H3;1H;/q-1;;+2/p-1. The molecule has 2 nitrogen and oxygen atoms in total. The molecular weight excluding hydrogens is 285 g/mol. The van der Waals surface area contributed by atoms with Crippen molar-refractivity contribution >= 4 is 19.6 Å². The Morgan fingerprint density at radius 3 is 2.38 bits per heavy atom. The quantitative estimate of drug-likeness (QED) is 0.476. The fourth-order valence-corrected chi connectivity index (χ4v) is 0.683. The van der Waals surface area contributed by atoms with E-state index in [-0.39, 0.29) is 5.97 Å². The van der Waals surface area contributed by atoms with Gasteiger partial charge in [-0.1, -0.05) is 6.07 Å². The summed E-state index contributed by atoms with van der Waals surface area (Å²) in [7, 11) is 0.